The number of nitrogens with zero attached hydrogens (tertiary/aromatic N) is 4. The normalized spacial score (nSPS) is 14.5. The van der Waals surface area contributed by atoms with Crippen molar-refractivity contribution in [2.75, 3.05) is 31.2 Å². The van der Waals surface area contributed by atoms with Gasteiger partial charge in [0.2, 0.25) is 0 Å². The van der Waals surface area contributed by atoms with Crippen LogP contribution in [-0.4, -0.2) is 41.1 Å². The molecule has 1 fully saturated rings. The Bertz CT molecular complexity index is 581. The molecule has 0 unspecified atom stereocenters. The highest BCUT2D eigenvalue weighted by atomic mass is 35.5. The first kappa shape index (κ1) is 16.8. The highest BCUT2D eigenvalue weighted by Gasteiger charge is 2.11. The van der Waals surface area contributed by atoms with Crippen molar-refractivity contribution >= 4 is 17.4 Å². The van der Waals surface area contributed by atoms with Gasteiger partial charge < -0.3 is 9.64 Å². The summed E-state index contributed by atoms with van der Waals surface area (Å²) in [5.41, 5.74) is 3.28. The quantitative estimate of drug-likeness (QED) is 0.809. The van der Waals surface area contributed by atoms with Crippen LogP contribution in [0, 0.1) is 20.8 Å². The number of ether oxygens (including phenoxy) is 1. The number of hydrogen-bond acceptors (Lipinski definition) is 4. The van der Waals surface area contributed by atoms with Crippen molar-refractivity contribution < 1.29 is 4.74 Å². The molecule has 0 aliphatic carbocycles. The number of pyridine rings is 1. The van der Waals surface area contributed by atoms with E-state index in [4.69, 9.17) is 16.3 Å². The molecular formula is C16H23ClN4O. The number of rotatable bonds is 1. The van der Waals surface area contributed by atoms with E-state index in [0.717, 1.165) is 48.5 Å². The summed E-state index contributed by atoms with van der Waals surface area (Å²) in [6, 6.07) is 4.17. The molecule has 22 heavy (non-hydrogen) atoms. The third-order valence-electron chi connectivity index (χ3n) is 3.67. The van der Waals surface area contributed by atoms with E-state index >= 15 is 0 Å². The van der Waals surface area contributed by atoms with Gasteiger partial charge in [-0.15, -0.1) is 0 Å². The second-order valence-electron chi connectivity index (χ2n) is 5.42. The largest absolute Gasteiger partial charge is 0.378 e. The average Bonchev–Trinajstić information content (AvgIpc) is 2.76. The monoisotopic (exact) mass is 322 g/mol. The molecule has 0 N–H and O–H groups in total. The molecule has 1 saturated heterocycles. The van der Waals surface area contributed by atoms with Crippen LogP contribution in [-0.2, 0) is 11.8 Å². The Morgan fingerprint density at radius 2 is 1.82 bits per heavy atom. The molecule has 6 heteroatoms. The van der Waals surface area contributed by atoms with Gasteiger partial charge in [0.1, 0.15) is 11.0 Å². The van der Waals surface area contributed by atoms with Gasteiger partial charge in [0.05, 0.1) is 18.9 Å². The molecule has 2 aromatic heterocycles. The van der Waals surface area contributed by atoms with Crippen LogP contribution in [0.1, 0.15) is 16.8 Å². The minimum atomic E-state index is 0.729. The second kappa shape index (κ2) is 7.61. The zero-order valence-corrected chi connectivity index (χ0v) is 14.4. The van der Waals surface area contributed by atoms with Crippen molar-refractivity contribution in [2.24, 2.45) is 7.05 Å². The van der Waals surface area contributed by atoms with Crippen LogP contribution in [0.15, 0.2) is 18.3 Å². The van der Waals surface area contributed by atoms with Gasteiger partial charge in [0, 0.05) is 31.9 Å². The van der Waals surface area contributed by atoms with E-state index in [2.05, 4.69) is 34.0 Å². The second-order valence-corrected chi connectivity index (χ2v) is 5.78. The van der Waals surface area contributed by atoms with E-state index in [9.17, 15) is 0 Å². The summed E-state index contributed by atoms with van der Waals surface area (Å²) in [4.78, 5) is 6.63. The van der Waals surface area contributed by atoms with Crippen molar-refractivity contribution in [3.8, 4) is 0 Å². The maximum Gasteiger partial charge on any atom is 0.129 e. The first-order chi connectivity index (χ1) is 10.5. The van der Waals surface area contributed by atoms with Crippen molar-refractivity contribution in [3.63, 3.8) is 0 Å². The van der Waals surface area contributed by atoms with Crippen LogP contribution in [0.2, 0.25) is 5.15 Å². The van der Waals surface area contributed by atoms with E-state index in [-0.39, 0.29) is 0 Å². The van der Waals surface area contributed by atoms with E-state index in [0.29, 0.717) is 0 Å². The van der Waals surface area contributed by atoms with E-state index in [1.54, 1.807) is 4.68 Å². The molecule has 5 nitrogen and oxygen atoms in total. The lowest BCUT2D eigenvalue weighted by Crippen LogP contribution is -2.36. The van der Waals surface area contributed by atoms with E-state index in [1.807, 2.05) is 27.1 Å². The molecule has 0 amide bonds. The highest BCUT2D eigenvalue weighted by Crippen LogP contribution is 2.15. The molecule has 0 bridgehead atoms. The van der Waals surface area contributed by atoms with Gasteiger partial charge in [-0.3, -0.25) is 4.68 Å². The van der Waals surface area contributed by atoms with Crippen LogP contribution in [0.25, 0.3) is 0 Å². The Kier molecular flexibility index (Phi) is 5.80. The number of anilines is 1. The Morgan fingerprint density at radius 3 is 2.23 bits per heavy atom. The summed E-state index contributed by atoms with van der Waals surface area (Å²) in [7, 11) is 1.84. The van der Waals surface area contributed by atoms with Crippen LogP contribution < -0.4 is 4.90 Å². The number of hydrogen-bond donors (Lipinski definition) is 0. The Labute approximate surface area is 136 Å². The van der Waals surface area contributed by atoms with Gasteiger partial charge >= 0.3 is 0 Å². The van der Waals surface area contributed by atoms with Crippen molar-refractivity contribution in [1.82, 2.24) is 14.8 Å². The summed E-state index contributed by atoms with van der Waals surface area (Å²) < 4.78 is 6.95. The number of morpholine rings is 1. The zero-order valence-electron chi connectivity index (χ0n) is 13.6. The van der Waals surface area contributed by atoms with Gasteiger partial charge in [-0.25, -0.2) is 4.98 Å². The molecule has 0 radical (unpaired) electrons. The minimum absolute atomic E-state index is 0.729. The van der Waals surface area contributed by atoms with Crippen molar-refractivity contribution in [1.29, 1.82) is 0 Å². The van der Waals surface area contributed by atoms with E-state index in [1.165, 1.54) is 5.56 Å². The molecule has 0 saturated carbocycles. The molecule has 120 valence electrons. The van der Waals surface area contributed by atoms with Crippen LogP contribution in [0.4, 0.5) is 5.82 Å². The highest BCUT2D eigenvalue weighted by molar-refractivity contribution is 6.30. The standard InChI is InChI=1S/C10H14N2O.C6H9ClN2/c1-9-2-3-10(11-8-9)12-4-6-13-7-5-12;1-4-5(2)8-9(3)6(4)7/h2-3,8H,4-7H2,1H3;1-3H3. The van der Waals surface area contributed by atoms with Gasteiger partial charge in [-0.2, -0.15) is 5.10 Å². The van der Waals surface area contributed by atoms with Crippen LogP contribution in [0.3, 0.4) is 0 Å². The fourth-order valence-corrected chi connectivity index (χ4v) is 2.35. The fraction of sp³-hybridized carbons (Fsp3) is 0.500. The molecule has 3 heterocycles. The smallest absolute Gasteiger partial charge is 0.129 e. The molecule has 2 aromatic rings. The molecule has 3 rings (SSSR count). The van der Waals surface area contributed by atoms with Gasteiger partial charge in [0.25, 0.3) is 0 Å². The van der Waals surface area contributed by atoms with Gasteiger partial charge in [0.15, 0.2) is 0 Å². The van der Waals surface area contributed by atoms with E-state index < -0.39 is 0 Å². The number of aryl methyl sites for hydroxylation is 3. The Hall–Kier alpha value is -1.59. The predicted octanol–water partition coefficient (Wildman–Crippen LogP) is 2.92. The molecule has 0 aromatic carbocycles. The lowest BCUT2D eigenvalue weighted by Gasteiger charge is -2.27. The molecule has 0 spiro atoms. The number of aromatic nitrogens is 3. The SMILES string of the molecule is Cc1ccc(N2CCOCC2)nc1.Cc1nn(C)c(Cl)c1C. The summed E-state index contributed by atoms with van der Waals surface area (Å²) in [5, 5.41) is 4.82. The van der Waals surface area contributed by atoms with Crippen molar-refractivity contribution in [2.45, 2.75) is 20.8 Å². The fourth-order valence-electron chi connectivity index (χ4n) is 2.18. The molecule has 1 aliphatic heterocycles. The Morgan fingerprint density at radius 1 is 1.14 bits per heavy atom. The lowest BCUT2D eigenvalue weighted by molar-refractivity contribution is 0.122. The maximum absolute atomic E-state index is 5.80. The number of halogens is 1. The Balaban J connectivity index is 0.000000172. The summed E-state index contributed by atoms with van der Waals surface area (Å²) in [5.74, 6) is 1.06. The average molecular weight is 323 g/mol. The summed E-state index contributed by atoms with van der Waals surface area (Å²) in [6.45, 7) is 9.50. The predicted molar refractivity (Wildman–Crippen MR) is 89.7 cm³/mol. The summed E-state index contributed by atoms with van der Waals surface area (Å²) in [6.07, 6.45) is 1.91. The third kappa shape index (κ3) is 4.21. The first-order valence-corrected chi connectivity index (χ1v) is 7.78. The third-order valence-corrected chi connectivity index (χ3v) is 4.20. The van der Waals surface area contributed by atoms with Gasteiger partial charge in [-0.05, 0) is 32.4 Å². The van der Waals surface area contributed by atoms with Crippen molar-refractivity contribution in [3.05, 3.63) is 40.3 Å². The van der Waals surface area contributed by atoms with Gasteiger partial charge in [-0.1, -0.05) is 17.7 Å². The molecule has 0 atom stereocenters. The minimum Gasteiger partial charge on any atom is -0.378 e. The topological polar surface area (TPSA) is 43.2 Å². The van der Waals surface area contributed by atoms with Crippen LogP contribution >= 0.6 is 11.6 Å². The lowest BCUT2D eigenvalue weighted by atomic mass is 10.3. The maximum atomic E-state index is 5.80. The van der Waals surface area contributed by atoms with Crippen LogP contribution in [0.5, 0.6) is 0 Å². The zero-order chi connectivity index (χ0) is 16.1. The molecular weight excluding hydrogens is 300 g/mol. The first-order valence-electron chi connectivity index (χ1n) is 7.40. The summed E-state index contributed by atoms with van der Waals surface area (Å²) >= 11 is 5.80. The molecule has 1 aliphatic rings.